The molecule has 0 aliphatic rings. The van der Waals surface area contributed by atoms with Crippen LogP contribution in [0.4, 0.5) is 15.8 Å². The van der Waals surface area contributed by atoms with Crippen LogP contribution in [-0.2, 0) is 9.53 Å². The van der Waals surface area contributed by atoms with E-state index in [0.717, 1.165) is 18.2 Å². The number of carbonyl (C=O) groups is 2. The van der Waals surface area contributed by atoms with Crippen molar-refractivity contribution in [3.05, 3.63) is 101 Å². The number of hydrogen-bond donors (Lipinski definition) is 1. The second kappa shape index (κ2) is 9.91. The molecule has 0 unspecified atom stereocenters. The number of nitro groups is 1. The number of amides is 1. The highest BCUT2D eigenvalue weighted by Gasteiger charge is 2.25. The lowest BCUT2D eigenvalue weighted by molar-refractivity contribution is -0.387. The van der Waals surface area contributed by atoms with Gasteiger partial charge in [0, 0.05) is 17.3 Å². The normalized spacial score (nSPS) is 11.5. The fraction of sp³-hybridized carbons (Fsp3) is 0.0833. The summed E-state index contributed by atoms with van der Waals surface area (Å²) >= 11 is 0. The maximum Gasteiger partial charge on any atom is 0.379 e. The molecule has 0 radical (unpaired) electrons. The molecule has 35 heavy (non-hydrogen) atoms. The third-order valence-corrected chi connectivity index (χ3v) is 4.89. The number of para-hydroxylation sites is 1. The van der Waals surface area contributed by atoms with Gasteiger partial charge in [-0.2, -0.15) is 4.39 Å². The first kappa shape index (κ1) is 23.2. The quantitative estimate of drug-likeness (QED) is 0.241. The van der Waals surface area contributed by atoms with E-state index in [1.807, 2.05) is 48.5 Å². The second-order valence-electron chi connectivity index (χ2n) is 7.33. The van der Waals surface area contributed by atoms with Crippen molar-refractivity contribution in [1.29, 1.82) is 0 Å². The number of ether oxygens (including phenoxy) is 1. The molecule has 1 N–H and O–H groups in total. The van der Waals surface area contributed by atoms with Crippen molar-refractivity contribution >= 4 is 23.3 Å². The molecule has 1 atom stereocenters. The molecule has 0 fully saturated rings. The molecule has 0 aliphatic heterocycles. The Hall–Kier alpha value is -4.93. The number of halogens is 1. The molecular formula is C24H18FN5O5. The standard InChI is InChI=1S/C24H18FN5O5/c1-15(23(31)26-17-12-13-19(25)20(14-17)30(33)34)35-24(32)21-27-22(16-8-4-2-5-9-16)29(28-21)18-10-6-3-7-11-18/h2-15H,1H3,(H,26,31)/t15-/m0/s1. The van der Waals surface area contributed by atoms with Crippen LogP contribution >= 0.6 is 0 Å². The average Bonchev–Trinajstić information content (AvgIpc) is 3.32. The molecule has 3 aromatic carbocycles. The summed E-state index contributed by atoms with van der Waals surface area (Å²) in [5.41, 5.74) is 0.564. The molecule has 1 aromatic heterocycles. The summed E-state index contributed by atoms with van der Waals surface area (Å²) in [5.74, 6) is -2.61. The Balaban J connectivity index is 1.54. The van der Waals surface area contributed by atoms with Crippen LogP contribution in [0.3, 0.4) is 0 Å². The molecule has 0 spiro atoms. The number of rotatable bonds is 7. The van der Waals surface area contributed by atoms with Crippen molar-refractivity contribution in [2.24, 2.45) is 0 Å². The zero-order chi connectivity index (χ0) is 24.9. The number of aromatic nitrogens is 3. The molecule has 1 heterocycles. The maximum atomic E-state index is 13.5. The Labute approximate surface area is 198 Å². The zero-order valence-corrected chi connectivity index (χ0v) is 18.3. The van der Waals surface area contributed by atoms with Gasteiger partial charge in [-0.05, 0) is 31.2 Å². The summed E-state index contributed by atoms with van der Waals surface area (Å²) < 4.78 is 20.2. The molecular weight excluding hydrogens is 457 g/mol. The van der Waals surface area contributed by atoms with Crippen molar-refractivity contribution in [1.82, 2.24) is 14.8 Å². The van der Waals surface area contributed by atoms with Crippen LogP contribution in [0.2, 0.25) is 0 Å². The summed E-state index contributed by atoms with van der Waals surface area (Å²) in [6.07, 6.45) is -1.30. The van der Waals surface area contributed by atoms with E-state index in [-0.39, 0.29) is 11.5 Å². The number of anilines is 1. The van der Waals surface area contributed by atoms with E-state index in [2.05, 4.69) is 15.4 Å². The van der Waals surface area contributed by atoms with Gasteiger partial charge in [0.25, 0.3) is 11.7 Å². The van der Waals surface area contributed by atoms with Gasteiger partial charge in [-0.3, -0.25) is 14.9 Å². The molecule has 0 saturated carbocycles. The summed E-state index contributed by atoms with van der Waals surface area (Å²) in [5, 5.41) is 17.5. The van der Waals surface area contributed by atoms with E-state index < -0.39 is 34.4 Å². The third kappa shape index (κ3) is 5.19. The van der Waals surface area contributed by atoms with Gasteiger partial charge in [-0.15, -0.1) is 5.10 Å². The Bertz CT molecular complexity index is 1340. The predicted octanol–water partition coefficient (Wildman–Crippen LogP) is 4.17. The molecule has 176 valence electrons. The van der Waals surface area contributed by atoms with Gasteiger partial charge < -0.3 is 10.1 Å². The number of nitro benzene ring substituents is 1. The topological polar surface area (TPSA) is 129 Å². The van der Waals surface area contributed by atoms with E-state index in [9.17, 15) is 24.1 Å². The summed E-state index contributed by atoms with van der Waals surface area (Å²) in [6, 6.07) is 21.1. The minimum absolute atomic E-state index is 0.0242. The van der Waals surface area contributed by atoms with Crippen molar-refractivity contribution in [2.75, 3.05) is 5.32 Å². The van der Waals surface area contributed by atoms with Gasteiger partial charge in [0.05, 0.1) is 10.6 Å². The summed E-state index contributed by atoms with van der Waals surface area (Å²) in [6.45, 7) is 1.32. The lowest BCUT2D eigenvalue weighted by atomic mass is 10.2. The van der Waals surface area contributed by atoms with E-state index in [4.69, 9.17) is 4.74 Å². The van der Waals surface area contributed by atoms with E-state index >= 15 is 0 Å². The largest absolute Gasteiger partial charge is 0.447 e. The maximum absolute atomic E-state index is 13.5. The molecule has 10 nitrogen and oxygen atoms in total. The molecule has 0 aliphatic carbocycles. The second-order valence-corrected chi connectivity index (χ2v) is 7.33. The number of hydrogen-bond acceptors (Lipinski definition) is 7. The van der Waals surface area contributed by atoms with Crippen molar-refractivity contribution in [3.8, 4) is 17.1 Å². The van der Waals surface area contributed by atoms with Crippen LogP contribution < -0.4 is 5.32 Å². The van der Waals surface area contributed by atoms with Gasteiger partial charge in [-0.1, -0.05) is 48.5 Å². The fourth-order valence-corrected chi connectivity index (χ4v) is 3.16. The van der Waals surface area contributed by atoms with Gasteiger partial charge in [0.1, 0.15) is 0 Å². The van der Waals surface area contributed by atoms with Crippen LogP contribution in [0.25, 0.3) is 17.1 Å². The molecule has 4 aromatic rings. The first-order chi connectivity index (χ1) is 16.8. The highest BCUT2D eigenvalue weighted by molar-refractivity contribution is 5.96. The van der Waals surface area contributed by atoms with Crippen molar-refractivity contribution < 1.29 is 23.6 Å². The number of esters is 1. The van der Waals surface area contributed by atoms with Crippen LogP contribution in [0.5, 0.6) is 0 Å². The predicted molar refractivity (Wildman–Crippen MR) is 123 cm³/mol. The zero-order valence-electron chi connectivity index (χ0n) is 18.3. The summed E-state index contributed by atoms with van der Waals surface area (Å²) in [4.78, 5) is 39.5. The van der Waals surface area contributed by atoms with Crippen LogP contribution in [-0.4, -0.2) is 37.7 Å². The minimum Gasteiger partial charge on any atom is -0.447 e. The van der Waals surface area contributed by atoms with Gasteiger partial charge >= 0.3 is 11.7 Å². The number of nitrogens with one attached hydrogen (secondary N) is 1. The molecule has 1 amide bonds. The minimum atomic E-state index is -1.30. The molecule has 4 rings (SSSR count). The lowest BCUT2D eigenvalue weighted by Gasteiger charge is -2.12. The Morgan fingerprint density at radius 1 is 1.06 bits per heavy atom. The first-order valence-corrected chi connectivity index (χ1v) is 10.4. The monoisotopic (exact) mass is 475 g/mol. The van der Waals surface area contributed by atoms with Crippen molar-refractivity contribution in [2.45, 2.75) is 13.0 Å². The Kier molecular flexibility index (Phi) is 6.58. The van der Waals surface area contributed by atoms with Gasteiger partial charge in [-0.25, -0.2) is 14.5 Å². The van der Waals surface area contributed by atoms with Crippen LogP contribution in [0, 0.1) is 15.9 Å². The SMILES string of the molecule is C[C@H](OC(=O)c1nc(-c2ccccc2)n(-c2ccccc2)n1)C(=O)Nc1ccc(F)c([N+](=O)[O-])c1. The van der Waals surface area contributed by atoms with Crippen LogP contribution in [0.1, 0.15) is 17.5 Å². The molecule has 0 bridgehead atoms. The van der Waals surface area contributed by atoms with Crippen molar-refractivity contribution in [3.63, 3.8) is 0 Å². The van der Waals surface area contributed by atoms with Crippen LogP contribution in [0.15, 0.2) is 78.9 Å². The highest BCUT2D eigenvalue weighted by atomic mass is 19.1. The van der Waals surface area contributed by atoms with E-state index in [0.29, 0.717) is 17.1 Å². The fourth-order valence-electron chi connectivity index (χ4n) is 3.16. The molecule has 0 saturated heterocycles. The molecule has 11 heteroatoms. The van der Waals surface area contributed by atoms with E-state index in [1.165, 1.54) is 11.6 Å². The number of nitrogens with zero attached hydrogens (tertiary/aromatic N) is 4. The van der Waals surface area contributed by atoms with E-state index in [1.54, 1.807) is 12.1 Å². The Morgan fingerprint density at radius 3 is 2.37 bits per heavy atom. The van der Waals surface area contributed by atoms with Gasteiger partial charge in [0.15, 0.2) is 11.9 Å². The number of benzene rings is 3. The smallest absolute Gasteiger partial charge is 0.379 e. The summed E-state index contributed by atoms with van der Waals surface area (Å²) in [7, 11) is 0. The Morgan fingerprint density at radius 2 is 1.71 bits per heavy atom. The lowest BCUT2D eigenvalue weighted by Crippen LogP contribution is -2.30. The third-order valence-electron chi connectivity index (χ3n) is 4.89. The highest BCUT2D eigenvalue weighted by Crippen LogP contribution is 2.23. The van der Waals surface area contributed by atoms with Gasteiger partial charge in [0.2, 0.25) is 5.82 Å². The number of carbonyl (C=O) groups excluding carboxylic acids is 2. The first-order valence-electron chi connectivity index (χ1n) is 10.4. The average molecular weight is 475 g/mol.